The second-order valence-corrected chi connectivity index (χ2v) is 8.83. The molecule has 0 saturated heterocycles. The molecule has 0 amide bonds. The third-order valence-electron chi connectivity index (χ3n) is 2.91. The standard InChI is InChI=1S/C17H36O2/c1-14(10-11-15(2,3)4)18-13-17(8,9)19-12-16(5,6)7/h14H,10-13H2,1-9H3. The molecule has 0 aromatic carbocycles. The summed E-state index contributed by atoms with van der Waals surface area (Å²) in [5.74, 6) is 0. The first-order chi connectivity index (χ1) is 8.31. The Bertz CT molecular complexity index is 243. The summed E-state index contributed by atoms with van der Waals surface area (Å²) < 4.78 is 11.9. The Morgan fingerprint density at radius 2 is 1.32 bits per heavy atom. The summed E-state index contributed by atoms with van der Waals surface area (Å²) >= 11 is 0. The van der Waals surface area contributed by atoms with Gasteiger partial charge in [-0.1, -0.05) is 41.5 Å². The monoisotopic (exact) mass is 272 g/mol. The normalized spacial score (nSPS) is 15.6. The first-order valence-electron chi connectivity index (χ1n) is 7.56. The molecule has 2 heteroatoms. The van der Waals surface area contributed by atoms with E-state index in [4.69, 9.17) is 9.47 Å². The van der Waals surface area contributed by atoms with Crippen LogP contribution in [0.5, 0.6) is 0 Å². The predicted octanol–water partition coefficient (Wildman–Crippen LogP) is 5.06. The van der Waals surface area contributed by atoms with Crippen molar-refractivity contribution >= 4 is 0 Å². The molecular weight excluding hydrogens is 236 g/mol. The minimum Gasteiger partial charge on any atom is -0.376 e. The zero-order valence-electron chi connectivity index (χ0n) is 14.7. The molecule has 0 saturated carbocycles. The van der Waals surface area contributed by atoms with E-state index in [9.17, 15) is 0 Å². The van der Waals surface area contributed by atoms with Gasteiger partial charge in [-0.05, 0) is 44.4 Å². The molecule has 0 bridgehead atoms. The maximum absolute atomic E-state index is 5.96. The van der Waals surface area contributed by atoms with Gasteiger partial charge in [-0.3, -0.25) is 0 Å². The van der Waals surface area contributed by atoms with Crippen LogP contribution in [0.15, 0.2) is 0 Å². The Morgan fingerprint density at radius 3 is 1.74 bits per heavy atom. The first-order valence-corrected chi connectivity index (χ1v) is 7.56. The van der Waals surface area contributed by atoms with Gasteiger partial charge >= 0.3 is 0 Å². The molecule has 116 valence electrons. The maximum atomic E-state index is 5.96. The van der Waals surface area contributed by atoms with Crippen molar-refractivity contribution in [3.63, 3.8) is 0 Å². The van der Waals surface area contributed by atoms with Crippen molar-refractivity contribution in [1.82, 2.24) is 0 Å². The van der Waals surface area contributed by atoms with E-state index in [1.54, 1.807) is 0 Å². The third-order valence-corrected chi connectivity index (χ3v) is 2.91. The molecule has 0 spiro atoms. The van der Waals surface area contributed by atoms with Crippen molar-refractivity contribution in [2.45, 2.75) is 86.9 Å². The van der Waals surface area contributed by atoms with Crippen LogP contribution >= 0.6 is 0 Å². The smallest absolute Gasteiger partial charge is 0.0859 e. The molecule has 1 unspecified atom stereocenters. The fourth-order valence-electron chi connectivity index (χ4n) is 1.52. The Labute approximate surface area is 121 Å². The molecule has 0 aliphatic carbocycles. The van der Waals surface area contributed by atoms with E-state index in [2.05, 4.69) is 62.3 Å². The number of hydrogen-bond acceptors (Lipinski definition) is 2. The Balaban J connectivity index is 3.96. The van der Waals surface area contributed by atoms with Gasteiger partial charge in [0.05, 0.1) is 24.9 Å². The zero-order chi connectivity index (χ0) is 15.3. The van der Waals surface area contributed by atoms with E-state index in [-0.39, 0.29) is 11.0 Å². The van der Waals surface area contributed by atoms with Gasteiger partial charge in [-0.2, -0.15) is 0 Å². The lowest BCUT2D eigenvalue weighted by Crippen LogP contribution is -2.35. The minimum absolute atomic E-state index is 0.203. The van der Waals surface area contributed by atoms with Crippen LogP contribution in [-0.4, -0.2) is 24.9 Å². The van der Waals surface area contributed by atoms with Gasteiger partial charge in [0.1, 0.15) is 0 Å². The average Bonchev–Trinajstić information content (AvgIpc) is 2.19. The second-order valence-electron chi connectivity index (χ2n) is 8.83. The molecule has 0 rings (SSSR count). The van der Waals surface area contributed by atoms with Crippen LogP contribution < -0.4 is 0 Å². The molecule has 0 heterocycles. The van der Waals surface area contributed by atoms with E-state index >= 15 is 0 Å². The van der Waals surface area contributed by atoms with Gasteiger partial charge in [0, 0.05) is 0 Å². The second kappa shape index (κ2) is 7.08. The molecule has 1 atom stereocenters. The largest absolute Gasteiger partial charge is 0.376 e. The quantitative estimate of drug-likeness (QED) is 0.645. The lowest BCUT2D eigenvalue weighted by Gasteiger charge is -2.31. The van der Waals surface area contributed by atoms with Gasteiger partial charge in [0.2, 0.25) is 0 Å². The fraction of sp³-hybridized carbons (Fsp3) is 1.00. The number of hydrogen-bond donors (Lipinski definition) is 0. The summed E-state index contributed by atoms with van der Waals surface area (Å²) in [6.07, 6.45) is 2.60. The molecule has 0 radical (unpaired) electrons. The highest BCUT2D eigenvalue weighted by Crippen LogP contribution is 2.23. The van der Waals surface area contributed by atoms with Crippen LogP contribution in [0.25, 0.3) is 0 Å². The summed E-state index contributed by atoms with van der Waals surface area (Å²) in [6, 6.07) is 0. The van der Waals surface area contributed by atoms with Crippen molar-refractivity contribution < 1.29 is 9.47 Å². The SMILES string of the molecule is CC(CCC(C)(C)C)OCC(C)(C)OCC(C)(C)C. The van der Waals surface area contributed by atoms with Crippen LogP contribution in [0.2, 0.25) is 0 Å². The Morgan fingerprint density at radius 1 is 0.789 bits per heavy atom. The van der Waals surface area contributed by atoms with Crippen LogP contribution in [-0.2, 0) is 9.47 Å². The van der Waals surface area contributed by atoms with E-state index in [1.807, 2.05) is 0 Å². The maximum Gasteiger partial charge on any atom is 0.0859 e. The highest BCUT2D eigenvalue weighted by atomic mass is 16.5. The van der Waals surface area contributed by atoms with Crippen LogP contribution in [0.3, 0.4) is 0 Å². The summed E-state index contributed by atoms with van der Waals surface area (Å²) in [5.41, 5.74) is 0.383. The van der Waals surface area contributed by atoms with Gasteiger partial charge in [-0.15, -0.1) is 0 Å². The molecule has 19 heavy (non-hydrogen) atoms. The summed E-state index contributed by atoms with van der Waals surface area (Å²) in [5, 5.41) is 0. The number of ether oxygens (including phenoxy) is 2. The van der Waals surface area contributed by atoms with Crippen molar-refractivity contribution in [3.05, 3.63) is 0 Å². The average molecular weight is 272 g/mol. The van der Waals surface area contributed by atoms with Crippen molar-refractivity contribution in [2.75, 3.05) is 13.2 Å². The highest BCUT2D eigenvalue weighted by Gasteiger charge is 2.23. The third kappa shape index (κ3) is 12.7. The summed E-state index contributed by atoms with van der Waals surface area (Å²) in [7, 11) is 0. The van der Waals surface area contributed by atoms with E-state index in [0.717, 1.165) is 13.0 Å². The molecule has 2 nitrogen and oxygen atoms in total. The predicted molar refractivity (Wildman–Crippen MR) is 83.6 cm³/mol. The lowest BCUT2D eigenvalue weighted by molar-refractivity contribution is -0.110. The number of rotatable bonds is 7. The van der Waals surface area contributed by atoms with Gasteiger partial charge in [-0.25, -0.2) is 0 Å². The van der Waals surface area contributed by atoms with Gasteiger partial charge < -0.3 is 9.47 Å². The molecule has 0 aliphatic rings. The highest BCUT2D eigenvalue weighted by molar-refractivity contribution is 4.72. The van der Waals surface area contributed by atoms with Crippen LogP contribution in [0.1, 0.15) is 75.2 Å². The summed E-state index contributed by atoms with van der Waals surface area (Å²) in [4.78, 5) is 0. The van der Waals surface area contributed by atoms with Gasteiger partial charge in [0.25, 0.3) is 0 Å². The lowest BCUT2D eigenvalue weighted by atomic mass is 9.89. The summed E-state index contributed by atoms with van der Waals surface area (Å²) in [6.45, 7) is 21.2. The van der Waals surface area contributed by atoms with Crippen molar-refractivity contribution in [1.29, 1.82) is 0 Å². The van der Waals surface area contributed by atoms with Gasteiger partial charge in [0.15, 0.2) is 0 Å². The molecular formula is C17H36O2. The molecule has 0 N–H and O–H groups in total. The fourth-order valence-corrected chi connectivity index (χ4v) is 1.52. The van der Waals surface area contributed by atoms with Crippen molar-refractivity contribution in [2.24, 2.45) is 10.8 Å². The molecule has 0 fully saturated rings. The van der Waals surface area contributed by atoms with Crippen molar-refractivity contribution in [3.8, 4) is 0 Å². The van der Waals surface area contributed by atoms with E-state index in [0.29, 0.717) is 18.1 Å². The molecule has 0 aromatic rings. The zero-order valence-corrected chi connectivity index (χ0v) is 14.7. The Hall–Kier alpha value is -0.0800. The Kier molecular flexibility index (Phi) is 7.05. The minimum atomic E-state index is -0.205. The van der Waals surface area contributed by atoms with Crippen LogP contribution in [0.4, 0.5) is 0 Å². The van der Waals surface area contributed by atoms with Crippen LogP contribution in [0, 0.1) is 10.8 Å². The first kappa shape index (κ1) is 18.9. The molecule has 0 aromatic heterocycles. The molecule has 0 aliphatic heterocycles. The topological polar surface area (TPSA) is 18.5 Å². The van der Waals surface area contributed by atoms with E-state index in [1.165, 1.54) is 6.42 Å². The van der Waals surface area contributed by atoms with E-state index < -0.39 is 0 Å².